The van der Waals surface area contributed by atoms with Gasteiger partial charge >= 0.3 is 5.97 Å². The van der Waals surface area contributed by atoms with Crippen LogP contribution in [0, 0.1) is 0 Å². The van der Waals surface area contributed by atoms with Crippen molar-refractivity contribution in [2.45, 2.75) is 37.7 Å². The van der Waals surface area contributed by atoms with Gasteiger partial charge in [0.1, 0.15) is 6.10 Å². The van der Waals surface area contributed by atoms with Gasteiger partial charge in [-0.1, -0.05) is 60.7 Å². The minimum Gasteiger partial charge on any atom is -0.467 e. The second-order valence-corrected chi connectivity index (χ2v) is 7.03. The summed E-state index contributed by atoms with van der Waals surface area (Å²) >= 11 is 0. The van der Waals surface area contributed by atoms with E-state index >= 15 is 0 Å². The van der Waals surface area contributed by atoms with E-state index in [1.54, 1.807) is 4.90 Å². The number of morpholine rings is 1. The summed E-state index contributed by atoms with van der Waals surface area (Å²) in [5.74, 6) is -0.871. The molecule has 2 aliphatic rings. The van der Waals surface area contributed by atoms with Gasteiger partial charge in [0.15, 0.2) is 6.10 Å². The molecule has 4 rings (SSSR count). The Balaban J connectivity index is 1.54. The van der Waals surface area contributed by atoms with Gasteiger partial charge < -0.3 is 23.8 Å². The molecule has 0 unspecified atom stereocenters. The maximum absolute atomic E-state index is 13.0. The molecule has 152 valence electrons. The van der Waals surface area contributed by atoms with Crippen LogP contribution in [-0.2, 0) is 41.7 Å². The Kier molecular flexibility index (Phi) is 5.89. The van der Waals surface area contributed by atoms with Gasteiger partial charge in [0.25, 0.3) is 5.91 Å². The third-order valence-corrected chi connectivity index (χ3v) is 5.14. The smallest absolute Gasteiger partial charge is 0.337 e. The van der Waals surface area contributed by atoms with Gasteiger partial charge in [-0.25, -0.2) is 4.79 Å². The first-order valence-electron chi connectivity index (χ1n) is 9.52. The fourth-order valence-corrected chi connectivity index (χ4v) is 3.68. The molecule has 7 nitrogen and oxygen atoms in total. The average Bonchev–Trinajstić information content (AvgIpc) is 3.17. The molecule has 0 spiro atoms. The van der Waals surface area contributed by atoms with Crippen LogP contribution in [0.2, 0.25) is 0 Å². The number of rotatable bonds is 7. The lowest BCUT2D eigenvalue weighted by Crippen LogP contribution is -2.58. The highest BCUT2D eigenvalue weighted by molar-refractivity contribution is 5.84. The lowest BCUT2D eigenvalue weighted by Gasteiger charge is -2.38. The largest absolute Gasteiger partial charge is 0.467 e. The highest BCUT2D eigenvalue weighted by Gasteiger charge is 2.56. The molecule has 29 heavy (non-hydrogen) atoms. The molecule has 2 saturated heterocycles. The van der Waals surface area contributed by atoms with E-state index in [0.717, 1.165) is 11.1 Å². The summed E-state index contributed by atoms with van der Waals surface area (Å²) < 4.78 is 22.0. The maximum atomic E-state index is 13.0. The van der Waals surface area contributed by atoms with E-state index in [4.69, 9.17) is 18.9 Å². The van der Waals surface area contributed by atoms with Crippen LogP contribution < -0.4 is 0 Å². The summed E-state index contributed by atoms with van der Waals surface area (Å²) in [6.45, 7) is 0.985. The minimum atomic E-state index is -1.10. The maximum Gasteiger partial charge on any atom is 0.337 e. The number of hydrogen-bond donors (Lipinski definition) is 0. The first-order valence-corrected chi connectivity index (χ1v) is 9.52. The predicted octanol–water partition coefficient (Wildman–Crippen LogP) is 1.90. The molecule has 2 heterocycles. The van der Waals surface area contributed by atoms with Crippen molar-refractivity contribution in [2.75, 3.05) is 13.7 Å². The van der Waals surface area contributed by atoms with Crippen LogP contribution in [-0.4, -0.2) is 55.0 Å². The van der Waals surface area contributed by atoms with E-state index in [2.05, 4.69) is 0 Å². The first-order chi connectivity index (χ1) is 14.2. The molecule has 1 amide bonds. The summed E-state index contributed by atoms with van der Waals surface area (Å²) in [6, 6.07) is 18.9. The molecule has 0 aliphatic carbocycles. The van der Waals surface area contributed by atoms with Gasteiger partial charge in [0, 0.05) is 6.54 Å². The van der Waals surface area contributed by atoms with Crippen molar-refractivity contribution in [3.8, 4) is 0 Å². The number of nitrogens with zero attached hydrogens (tertiary/aromatic N) is 1. The van der Waals surface area contributed by atoms with Gasteiger partial charge in [-0.3, -0.25) is 4.79 Å². The Morgan fingerprint density at radius 3 is 2.31 bits per heavy atom. The third kappa shape index (κ3) is 4.17. The van der Waals surface area contributed by atoms with Gasteiger partial charge in [0.2, 0.25) is 6.29 Å². The second-order valence-electron chi connectivity index (χ2n) is 7.03. The lowest BCUT2D eigenvalue weighted by molar-refractivity contribution is -0.183. The van der Waals surface area contributed by atoms with Crippen LogP contribution in [0.3, 0.4) is 0 Å². The zero-order valence-corrected chi connectivity index (χ0v) is 16.1. The van der Waals surface area contributed by atoms with Crippen LogP contribution >= 0.6 is 0 Å². The Hall–Kier alpha value is -2.74. The second kappa shape index (κ2) is 8.73. The number of amides is 1. The average molecular weight is 397 g/mol. The van der Waals surface area contributed by atoms with Crippen molar-refractivity contribution >= 4 is 11.9 Å². The van der Waals surface area contributed by atoms with Crippen LogP contribution in [0.25, 0.3) is 0 Å². The van der Waals surface area contributed by atoms with Crippen molar-refractivity contribution < 1.29 is 28.5 Å². The van der Waals surface area contributed by atoms with Gasteiger partial charge in [-0.2, -0.15) is 0 Å². The summed E-state index contributed by atoms with van der Waals surface area (Å²) in [6.07, 6.45) is -2.71. The molecule has 0 N–H and O–H groups in total. The molecule has 0 radical (unpaired) electrons. The van der Waals surface area contributed by atoms with E-state index in [0.29, 0.717) is 13.2 Å². The summed E-state index contributed by atoms with van der Waals surface area (Å²) in [7, 11) is 1.29. The SMILES string of the molecule is COC(=O)[C@@H]1O[C@@H]2O[C@@H]1[C@@H](COCc1ccccc1)N(Cc1ccccc1)C2=O. The van der Waals surface area contributed by atoms with E-state index < -0.39 is 30.5 Å². The predicted molar refractivity (Wildman–Crippen MR) is 102 cm³/mol. The fourth-order valence-electron chi connectivity index (χ4n) is 3.68. The zero-order valence-electron chi connectivity index (χ0n) is 16.1. The van der Waals surface area contributed by atoms with Gasteiger partial charge in [-0.05, 0) is 11.1 Å². The molecule has 2 aliphatic heterocycles. The molecule has 7 heteroatoms. The normalized spacial score (nSPS) is 25.8. The first kappa shape index (κ1) is 19.6. The van der Waals surface area contributed by atoms with Crippen LogP contribution in [0.15, 0.2) is 60.7 Å². The number of fused-ring (bicyclic) bond motifs is 2. The number of benzene rings is 2. The zero-order chi connectivity index (χ0) is 20.2. The minimum absolute atomic E-state index is 0.210. The van der Waals surface area contributed by atoms with Crippen LogP contribution in [0.4, 0.5) is 0 Å². The lowest BCUT2D eigenvalue weighted by atomic mass is 10.0. The highest BCUT2D eigenvalue weighted by Crippen LogP contribution is 2.33. The summed E-state index contributed by atoms with van der Waals surface area (Å²) in [5, 5.41) is 0. The Morgan fingerprint density at radius 1 is 1.00 bits per heavy atom. The number of carbonyl (C=O) groups excluding carboxylic acids is 2. The van der Waals surface area contributed by atoms with Gasteiger partial charge in [0.05, 0.1) is 26.4 Å². The number of hydrogen-bond acceptors (Lipinski definition) is 6. The molecule has 0 saturated carbocycles. The summed E-state index contributed by atoms with van der Waals surface area (Å²) in [5.41, 5.74) is 2.00. The standard InChI is InChI=1S/C22H23NO6/c1-26-21(25)19-18-17(14-27-13-16-10-6-3-7-11-16)23(20(24)22(28-18)29-19)12-15-8-4-2-5-9-15/h2-11,17-19,22H,12-14H2,1H3/t17-,18-,19-,22+/m1/s1. The highest BCUT2D eigenvalue weighted by atomic mass is 16.8. The van der Waals surface area contributed by atoms with E-state index in [9.17, 15) is 9.59 Å². The molecule has 2 bridgehead atoms. The Bertz CT molecular complexity index is 843. The van der Waals surface area contributed by atoms with Crippen molar-refractivity contribution in [3.05, 3.63) is 71.8 Å². The Labute approximate surface area is 169 Å². The molecule has 2 fully saturated rings. The van der Waals surface area contributed by atoms with E-state index in [1.165, 1.54) is 7.11 Å². The van der Waals surface area contributed by atoms with Crippen molar-refractivity contribution in [1.29, 1.82) is 0 Å². The molecule has 4 atom stereocenters. The monoisotopic (exact) mass is 397 g/mol. The van der Waals surface area contributed by atoms with Crippen LogP contribution in [0.5, 0.6) is 0 Å². The topological polar surface area (TPSA) is 74.3 Å². The van der Waals surface area contributed by atoms with Crippen molar-refractivity contribution in [1.82, 2.24) is 4.90 Å². The quantitative estimate of drug-likeness (QED) is 0.665. The van der Waals surface area contributed by atoms with Crippen molar-refractivity contribution in [3.63, 3.8) is 0 Å². The number of carbonyl (C=O) groups is 2. The number of ether oxygens (including phenoxy) is 4. The van der Waals surface area contributed by atoms with E-state index in [-0.39, 0.29) is 12.5 Å². The Morgan fingerprint density at radius 2 is 1.66 bits per heavy atom. The molecular formula is C22H23NO6. The van der Waals surface area contributed by atoms with Crippen LogP contribution in [0.1, 0.15) is 11.1 Å². The number of methoxy groups -OCH3 is 1. The summed E-state index contributed by atoms with van der Waals surface area (Å²) in [4.78, 5) is 26.8. The molecule has 2 aromatic carbocycles. The number of esters is 1. The van der Waals surface area contributed by atoms with Gasteiger partial charge in [-0.15, -0.1) is 0 Å². The fraction of sp³-hybridized carbons (Fsp3) is 0.364. The van der Waals surface area contributed by atoms with E-state index in [1.807, 2.05) is 60.7 Å². The molecule has 0 aromatic heterocycles. The van der Waals surface area contributed by atoms with Crippen molar-refractivity contribution in [2.24, 2.45) is 0 Å². The third-order valence-electron chi connectivity index (χ3n) is 5.14. The molecule has 2 aromatic rings. The molecular weight excluding hydrogens is 374 g/mol.